The van der Waals surface area contributed by atoms with Gasteiger partial charge in [-0.05, 0) is 59.5 Å². The summed E-state index contributed by atoms with van der Waals surface area (Å²) < 4.78 is 0. The van der Waals surface area contributed by atoms with Crippen molar-refractivity contribution in [1.82, 2.24) is 0 Å². The topological polar surface area (TPSA) is 0 Å². The van der Waals surface area contributed by atoms with Gasteiger partial charge in [0, 0.05) is 0 Å². The molecule has 0 heterocycles. The molecule has 5 aliphatic carbocycles. The lowest BCUT2D eigenvalue weighted by molar-refractivity contribution is 0.320. The molecular weight excluding hydrogens is 168 g/mol. The summed E-state index contributed by atoms with van der Waals surface area (Å²) in [5.41, 5.74) is 3.49. The van der Waals surface area contributed by atoms with Gasteiger partial charge in [-0.3, -0.25) is 0 Å². The van der Waals surface area contributed by atoms with Crippen LogP contribution in [0.1, 0.15) is 35.8 Å². The first-order valence-corrected chi connectivity index (χ1v) is 6.04. The third kappa shape index (κ3) is 0.549. The molecule has 6 rings (SSSR count). The van der Waals surface area contributed by atoms with E-state index in [9.17, 15) is 0 Å². The van der Waals surface area contributed by atoms with Gasteiger partial charge in [0.2, 0.25) is 0 Å². The van der Waals surface area contributed by atoms with Crippen molar-refractivity contribution in [2.75, 3.05) is 0 Å². The van der Waals surface area contributed by atoms with E-state index in [1.807, 2.05) is 0 Å². The summed E-state index contributed by atoms with van der Waals surface area (Å²) in [6.07, 6.45) is 3.11. The first-order valence-electron chi connectivity index (χ1n) is 6.04. The van der Waals surface area contributed by atoms with E-state index in [1.165, 1.54) is 0 Å². The van der Waals surface area contributed by atoms with Crippen LogP contribution in [-0.4, -0.2) is 0 Å². The molecule has 14 heavy (non-hydrogen) atoms. The molecular formula is C14H14. The largest absolute Gasteiger partial charge is 0.0620 e. The third-order valence-electron chi connectivity index (χ3n) is 5.34. The number of benzene rings is 1. The fraction of sp³-hybridized carbons (Fsp3) is 0.571. The Morgan fingerprint density at radius 3 is 1.57 bits per heavy atom. The molecule has 1 aromatic carbocycles. The smallest absolute Gasteiger partial charge is 0.00965 e. The molecule has 0 aliphatic heterocycles. The molecule has 0 N–H and O–H groups in total. The molecule has 0 aromatic heterocycles. The summed E-state index contributed by atoms with van der Waals surface area (Å²) in [5.74, 6) is 6.42. The van der Waals surface area contributed by atoms with Crippen LogP contribution in [0.4, 0.5) is 0 Å². The zero-order valence-corrected chi connectivity index (χ0v) is 8.19. The SMILES string of the molecule is c1ccc2c(c1)C1[C@H]3C[C@H]3C2[C@H]2C[C@@H]12. The Bertz CT molecular complexity index is 376. The monoisotopic (exact) mass is 182 g/mol. The summed E-state index contributed by atoms with van der Waals surface area (Å²) in [4.78, 5) is 0. The maximum absolute atomic E-state index is 2.41. The quantitative estimate of drug-likeness (QED) is 0.578. The van der Waals surface area contributed by atoms with Gasteiger partial charge >= 0.3 is 0 Å². The molecule has 3 saturated carbocycles. The van der Waals surface area contributed by atoms with Crippen LogP contribution in [0.3, 0.4) is 0 Å². The van der Waals surface area contributed by atoms with Gasteiger partial charge in [0.25, 0.3) is 0 Å². The summed E-state index contributed by atoms with van der Waals surface area (Å²) in [6, 6.07) is 9.31. The summed E-state index contributed by atoms with van der Waals surface area (Å²) in [6.45, 7) is 0. The van der Waals surface area contributed by atoms with Crippen LogP contribution in [0.2, 0.25) is 0 Å². The van der Waals surface area contributed by atoms with Crippen molar-refractivity contribution < 1.29 is 0 Å². The Kier molecular flexibility index (Phi) is 0.857. The van der Waals surface area contributed by atoms with Gasteiger partial charge in [-0.2, -0.15) is 0 Å². The molecule has 0 heteroatoms. The molecule has 2 bridgehead atoms. The predicted molar refractivity (Wildman–Crippen MR) is 55.1 cm³/mol. The lowest BCUT2D eigenvalue weighted by atomic mass is 9.67. The highest BCUT2D eigenvalue weighted by molar-refractivity contribution is 5.47. The van der Waals surface area contributed by atoms with Gasteiger partial charge in [-0.15, -0.1) is 0 Å². The molecule has 0 spiro atoms. The highest BCUT2D eigenvalue weighted by atomic mass is 14.7. The van der Waals surface area contributed by atoms with E-state index in [4.69, 9.17) is 0 Å². The number of rotatable bonds is 0. The van der Waals surface area contributed by atoms with Crippen molar-refractivity contribution >= 4 is 0 Å². The maximum atomic E-state index is 2.41. The van der Waals surface area contributed by atoms with E-state index in [0.29, 0.717) is 0 Å². The Morgan fingerprint density at radius 1 is 0.714 bits per heavy atom. The van der Waals surface area contributed by atoms with Gasteiger partial charge in [0.1, 0.15) is 0 Å². The average Bonchev–Trinajstić information content (AvgIpc) is 3.08. The first-order chi connectivity index (χ1) is 6.95. The molecule has 2 unspecified atom stereocenters. The second-order valence-electron chi connectivity index (χ2n) is 5.81. The summed E-state index contributed by atoms with van der Waals surface area (Å²) >= 11 is 0. The molecule has 5 aliphatic rings. The Labute approximate surface area is 84.3 Å². The van der Waals surface area contributed by atoms with E-state index in [0.717, 1.165) is 35.5 Å². The van der Waals surface area contributed by atoms with Crippen LogP contribution in [0, 0.1) is 23.7 Å². The van der Waals surface area contributed by atoms with E-state index < -0.39 is 0 Å². The molecule has 0 radical (unpaired) electrons. The molecule has 6 atom stereocenters. The zero-order valence-electron chi connectivity index (χ0n) is 8.19. The Morgan fingerprint density at radius 2 is 1.14 bits per heavy atom. The normalized spacial score (nSPS) is 54.6. The fourth-order valence-electron chi connectivity index (χ4n) is 4.80. The minimum absolute atomic E-state index is 0.992. The van der Waals surface area contributed by atoms with Crippen LogP contribution >= 0.6 is 0 Å². The highest BCUT2D eigenvalue weighted by Crippen LogP contribution is 2.78. The summed E-state index contributed by atoms with van der Waals surface area (Å²) in [7, 11) is 0. The van der Waals surface area contributed by atoms with Crippen molar-refractivity contribution in [2.24, 2.45) is 23.7 Å². The molecule has 0 saturated heterocycles. The molecule has 70 valence electrons. The Balaban J connectivity index is 1.85. The second kappa shape index (κ2) is 1.80. The van der Waals surface area contributed by atoms with Crippen molar-refractivity contribution in [2.45, 2.75) is 24.7 Å². The van der Waals surface area contributed by atoms with Crippen molar-refractivity contribution in [3.05, 3.63) is 35.4 Å². The van der Waals surface area contributed by atoms with Gasteiger partial charge in [0.05, 0.1) is 0 Å². The molecule has 3 fully saturated rings. The zero-order chi connectivity index (χ0) is 8.86. The van der Waals surface area contributed by atoms with Crippen molar-refractivity contribution in [1.29, 1.82) is 0 Å². The van der Waals surface area contributed by atoms with Crippen LogP contribution < -0.4 is 0 Å². The molecule has 0 nitrogen and oxygen atoms in total. The van der Waals surface area contributed by atoms with Gasteiger partial charge in [-0.1, -0.05) is 24.3 Å². The lowest BCUT2D eigenvalue weighted by Gasteiger charge is -2.37. The fourth-order valence-corrected chi connectivity index (χ4v) is 4.80. The minimum atomic E-state index is 0.992. The van der Waals surface area contributed by atoms with Crippen LogP contribution in [0.25, 0.3) is 0 Å². The number of hydrogen-bond donors (Lipinski definition) is 0. The first kappa shape index (κ1) is 6.66. The number of hydrogen-bond acceptors (Lipinski definition) is 0. The van der Waals surface area contributed by atoms with Crippen LogP contribution in [0.15, 0.2) is 24.3 Å². The van der Waals surface area contributed by atoms with Crippen LogP contribution in [0.5, 0.6) is 0 Å². The van der Waals surface area contributed by atoms with Gasteiger partial charge in [0.15, 0.2) is 0 Å². The molecule has 0 amide bonds. The maximum Gasteiger partial charge on any atom is -0.00965 e. The van der Waals surface area contributed by atoms with E-state index >= 15 is 0 Å². The molecule has 1 aromatic rings. The highest BCUT2D eigenvalue weighted by Gasteiger charge is 2.68. The lowest BCUT2D eigenvalue weighted by Crippen LogP contribution is -2.26. The van der Waals surface area contributed by atoms with Crippen molar-refractivity contribution in [3.8, 4) is 0 Å². The van der Waals surface area contributed by atoms with Gasteiger partial charge in [-0.25, -0.2) is 0 Å². The van der Waals surface area contributed by atoms with Gasteiger partial charge < -0.3 is 0 Å². The van der Waals surface area contributed by atoms with Crippen LogP contribution in [-0.2, 0) is 0 Å². The summed E-state index contributed by atoms with van der Waals surface area (Å²) in [5, 5.41) is 0. The third-order valence-corrected chi connectivity index (χ3v) is 5.34. The Hall–Kier alpha value is -0.780. The van der Waals surface area contributed by atoms with Crippen molar-refractivity contribution in [3.63, 3.8) is 0 Å². The predicted octanol–water partition coefficient (Wildman–Crippen LogP) is 3.15. The van der Waals surface area contributed by atoms with E-state index in [-0.39, 0.29) is 0 Å². The second-order valence-corrected chi connectivity index (χ2v) is 5.81. The van der Waals surface area contributed by atoms with E-state index in [1.54, 1.807) is 24.0 Å². The van der Waals surface area contributed by atoms with E-state index in [2.05, 4.69) is 24.3 Å². The standard InChI is InChI=1S/C14H14/c1-2-4-8-7(3-1)13-9-5-11(9)14(8)12-6-10(12)13/h1-4,9-14H,5-6H2/t9-,10+,11+,12-,13?,14?. The average molecular weight is 182 g/mol. The minimum Gasteiger partial charge on any atom is -0.0620 e.